The van der Waals surface area contributed by atoms with Crippen LogP contribution >= 0.6 is 0 Å². The summed E-state index contributed by atoms with van der Waals surface area (Å²) in [5.41, 5.74) is 11.5. The molecule has 88 valence electrons. The van der Waals surface area contributed by atoms with E-state index in [4.69, 9.17) is 11.5 Å². The summed E-state index contributed by atoms with van der Waals surface area (Å²) in [7, 11) is 0. The molecule has 0 spiro atoms. The Morgan fingerprint density at radius 1 is 1.33 bits per heavy atom. The number of rotatable bonds is 3. The topological polar surface area (TPSA) is 81.1 Å². The van der Waals surface area contributed by atoms with Gasteiger partial charge in [0.15, 0.2) is 0 Å². The fraction of sp³-hybridized carbons (Fsp3) is 0.909. The van der Waals surface area contributed by atoms with Gasteiger partial charge < -0.3 is 16.8 Å². The van der Waals surface area contributed by atoms with E-state index in [0.29, 0.717) is 6.54 Å². The second-order valence-corrected chi connectivity index (χ2v) is 4.78. The molecule has 4 heteroatoms. The number of nitrogens with one attached hydrogen (secondary N) is 1. The van der Waals surface area contributed by atoms with Crippen LogP contribution in [-0.2, 0) is 4.79 Å². The van der Waals surface area contributed by atoms with Crippen molar-refractivity contribution in [3.63, 3.8) is 0 Å². The molecule has 4 nitrogen and oxygen atoms in total. The van der Waals surface area contributed by atoms with E-state index in [-0.39, 0.29) is 11.4 Å². The van der Waals surface area contributed by atoms with Crippen molar-refractivity contribution >= 4 is 5.91 Å². The molecule has 0 heterocycles. The molecule has 1 unspecified atom stereocenters. The van der Waals surface area contributed by atoms with Gasteiger partial charge in [-0.25, -0.2) is 0 Å². The minimum Gasteiger partial charge on any atom is -0.353 e. The van der Waals surface area contributed by atoms with E-state index in [1.807, 2.05) is 0 Å². The lowest BCUT2D eigenvalue weighted by Crippen LogP contribution is -2.52. The molecular formula is C11H23N3O. The van der Waals surface area contributed by atoms with Crippen LogP contribution in [0, 0.1) is 0 Å². The zero-order valence-electron chi connectivity index (χ0n) is 9.59. The zero-order chi connectivity index (χ0) is 11.3. The Morgan fingerprint density at radius 3 is 2.33 bits per heavy atom. The van der Waals surface area contributed by atoms with E-state index >= 15 is 0 Å². The second-order valence-electron chi connectivity index (χ2n) is 4.78. The Kier molecular flexibility index (Phi) is 4.54. The first-order chi connectivity index (χ1) is 7.03. The lowest BCUT2D eigenvalue weighted by molar-refractivity contribution is -0.122. The lowest BCUT2D eigenvalue weighted by Gasteiger charge is -2.28. The summed E-state index contributed by atoms with van der Waals surface area (Å²) in [5, 5.41) is 2.83. The monoisotopic (exact) mass is 213 g/mol. The smallest absolute Gasteiger partial charge is 0.236 e. The predicted octanol–water partition coefficient (Wildman–Crippen LogP) is 0.502. The van der Waals surface area contributed by atoms with Crippen LogP contribution in [0.25, 0.3) is 0 Å². The molecule has 1 atom stereocenters. The molecule has 1 amide bonds. The maximum absolute atomic E-state index is 11.3. The second kappa shape index (κ2) is 5.47. The Balaban J connectivity index is 2.37. The molecule has 1 saturated carbocycles. The van der Waals surface area contributed by atoms with Crippen LogP contribution in [0.15, 0.2) is 0 Å². The van der Waals surface area contributed by atoms with E-state index in [0.717, 1.165) is 12.8 Å². The molecule has 0 aromatic rings. The van der Waals surface area contributed by atoms with E-state index < -0.39 is 6.04 Å². The first-order valence-corrected chi connectivity index (χ1v) is 5.86. The summed E-state index contributed by atoms with van der Waals surface area (Å²) in [6.07, 6.45) is 6.88. The highest BCUT2D eigenvalue weighted by Gasteiger charge is 2.26. The standard InChI is InChI=1S/C11H23N3O/c1-9(12)10(15)14-8-11(13)6-4-2-3-5-7-11/h9H,2-8,12-13H2,1H3,(H,14,15). The van der Waals surface area contributed by atoms with Crippen LogP contribution in [0.4, 0.5) is 0 Å². The summed E-state index contributed by atoms with van der Waals surface area (Å²) < 4.78 is 0. The summed E-state index contributed by atoms with van der Waals surface area (Å²) in [6, 6.07) is -0.445. The summed E-state index contributed by atoms with van der Waals surface area (Å²) in [4.78, 5) is 11.3. The minimum atomic E-state index is -0.445. The third-order valence-corrected chi connectivity index (χ3v) is 3.13. The van der Waals surface area contributed by atoms with E-state index in [2.05, 4.69) is 5.32 Å². The van der Waals surface area contributed by atoms with Crippen LogP contribution in [0.3, 0.4) is 0 Å². The van der Waals surface area contributed by atoms with Gasteiger partial charge in [-0.05, 0) is 19.8 Å². The molecule has 0 bridgehead atoms. The number of carbonyl (C=O) groups is 1. The molecule has 1 fully saturated rings. The molecule has 1 rings (SSSR count). The van der Waals surface area contributed by atoms with Gasteiger partial charge >= 0.3 is 0 Å². The van der Waals surface area contributed by atoms with Gasteiger partial charge in [-0.1, -0.05) is 25.7 Å². The third kappa shape index (κ3) is 4.18. The fourth-order valence-corrected chi connectivity index (χ4v) is 2.03. The zero-order valence-corrected chi connectivity index (χ0v) is 9.59. The van der Waals surface area contributed by atoms with Crippen LogP contribution in [-0.4, -0.2) is 24.0 Å². The summed E-state index contributed by atoms with van der Waals surface area (Å²) in [6.45, 7) is 2.25. The van der Waals surface area contributed by atoms with Gasteiger partial charge in [-0.15, -0.1) is 0 Å². The molecule has 0 aliphatic heterocycles. The van der Waals surface area contributed by atoms with E-state index in [1.165, 1.54) is 25.7 Å². The van der Waals surface area contributed by atoms with Crippen molar-refractivity contribution in [2.24, 2.45) is 11.5 Å². The Bertz CT molecular complexity index is 208. The van der Waals surface area contributed by atoms with Gasteiger partial charge in [0.25, 0.3) is 0 Å². The molecule has 0 radical (unpaired) electrons. The molecular weight excluding hydrogens is 190 g/mol. The van der Waals surface area contributed by atoms with Gasteiger partial charge in [-0.3, -0.25) is 4.79 Å². The highest BCUT2D eigenvalue weighted by molar-refractivity contribution is 5.81. The normalized spacial score (nSPS) is 22.9. The fourth-order valence-electron chi connectivity index (χ4n) is 2.03. The Labute approximate surface area is 91.8 Å². The van der Waals surface area contributed by atoms with Gasteiger partial charge in [0.2, 0.25) is 5.91 Å². The van der Waals surface area contributed by atoms with E-state index in [1.54, 1.807) is 6.92 Å². The van der Waals surface area contributed by atoms with Crippen molar-refractivity contribution in [2.75, 3.05) is 6.54 Å². The molecule has 1 aliphatic rings. The SMILES string of the molecule is CC(N)C(=O)NCC1(N)CCCCCC1. The van der Waals surface area contributed by atoms with Crippen LogP contribution in [0.1, 0.15) is 45.4 Å². The van der Waals surface area contributed by atoms with Crippen molar-refractivity contribution < 1.29 is 4.79 Å². The van der Waals surface area contributed by atoms with Gasteiger partial charge in [0.05, 0.1) is 6.04 Å². The largest absolute Gasteiger partial charge is 0.353 e. The molecule has 0 saturated heterocycles. The van der Waals surface area contributed by atoms with Crippen molar-refractivity contribution in [1.82, 2.24) is 5.32 Å². The third-order valence-electron chi connectivity index (χ3n) is 3.13. The molecule has 5 N–H and O–H groups in total. The average Bonchev–Trinajstić information content (AvgIpc) is 2.40. The van der Waals surface area contributed by atoms with Crippen molar-refractivity contribution in [2.45, 2.75) is 57.0 Å². The first kappa shape index (κ1) is 12.5. The number of hydrogen-bond acceptors (Lipinski definition) is 3. The molecule has 0 aromatic heterocycles. The first-order valence-electron chi connectivity index (χ1n) is 5.86. The quantitative estimate of drug-likeness (QED) is 0.597. The van der Waals surface area contributed by atoms with Crippen LogP contribution in [0.2, 0.25) is 0 Å². The number of amides is 1. The van der Waals surface area contributed by atoms with Crippen molar-refractivity contribution in [1.29, 1.82) is 0 Å². The Morgan fingerprint density at radius 2 is 1.87 bits per heavy atom. The maximum atomic E-state index is 11.3. The lowest BCUT2D eigenvalue weighted by atomic mass is 9.91. The minimum absolute atomic E-state index is 0.107. The molecule has 1 aliphatic carbocycles. The number of hydrogen-bond donors (Lipinski definition) is 3. The Hall–Kier alpha value is -0.610. The van der Waals surface area contributed by atoms with Crippen molar-refractivity contribution in [3.05, 3.63) is 0 Å². The van der Waals surface area contributed by atoms with Gasteiger partial charge in [-0.2, -0.15) is 0 Å². The van der Waals surface area contributed by atoms with Gasteiger partial charge in [0, 0.05) is 12.1 Å². The molecule has 0 aromatic carbocycles. The average molecular weight is 213 g/mol. The summed E-state index contributed by atoms with van der Waals surface area (Å²) in [5.74, 6) is -0.107. The van der Waals surface area contributed by atoms with Crippen molar-refractivity contribution in [3.8, 4) is 0 Å². The maximum Gasteiger partial charge on any atom is 0.236 e. The molecule has 15 heavy (non-hydrogen) atoms. The number of carbonyl (C=O) groups excluding carboxylic acids is 1. The van der Waals surface area contributed by atoms with E-state index in [9.17, 15) is 4.79 Å². The highest BCUT2D eigenvalue weighted by atomic mass is 16.2. The van der Waals surface area contributed by atoms with Crippen LogP contribution < -0.4 is 16.8 Å². The number of nitrogens with two attached hydrogens (primary N) is 2. The summed E-state index contributed by atoms with van der Waals surface area (Å²) >= 11 is 0. The van der Waals surface area contributed by atoms with Crippen LogP contribution in [0.5, 0.6) is 0 Å². The highest BCUT2D eigenvalue weighted by Crippen LogP contribution is 2.24. The predicted molar refractivity (Wildman–Crippen MR) is 61.3 cm³/mol. The van der Waals surface area contributed by atoms with Gasteiger partial charge in [0.1, 0.15) is 0 Å².